The van der Waals surface area contributed by atoms with E-state index in [0.717, 1.165) is 35.5 Å². The molecular formula is C28H32F2O. The van der Waals surface area contributed by atoms with Gasteiger partial charge in [0.05, 0.1) is 0 Å². The van der Waals surface area contributed by atoms with Crippen LogP contribution in [0.2, 0.25) is 0 Å². The van der Waals surface area contributed by atoms with Crippen molar-refractivity contribution in [1.82, 2.24) is 0 Å². The molecule has 1 nitrogen and oxygen atoms in total. The monoisotopic (exact) mass is 422 g/mol. The second-order valence-corrected chi connectivity index (χ2v) is 9.00. The van der Waals surface area contributed by atoms with Gasteiger partial charge in [0.1, 0.15) is 11.6 Å². The summed E-state index contributed by atoms with van der Waals surface area (Å²) in [5.74, 6) is 1.06. The molecule has 0 radical (unpaired) electrons. The molecule has 0 bridgehead atoms. The van der Waals surface area contributed by atoms with Crippen LogP contribution in [-0.4, -0.2) is 13.7 Å². The Hall–Kier alpha value is -2.26. The van der Waals surface area contributed by atoms with E-state index in [1.165, 1.54) is 49.8 Å². The smallest absolute Gasteiger partial charge is 0.134 e. The van der Waals surface area contributed by atoms with Crippen LogP contribution in [0.25, 0.3) is 10.8 Å². The van der Waals surface area contributed by atoms with Crippen LogP contribution in [0.4, 0.5) is 8.78 Å². The van der Waals surface area contributed by atoms with Crippen LogP contribution in [0.1, 0.15) is 61.1 Å². The van der Waals surface area contributed by atoms with E-state index in [1.807, 2.05) is 12.1 Å². The largest absolute Gasteiger partial charge is 0.385 e. The van der Waals surface area contributed by atoms with Crippen molar-refractivity contribution in [2.75, 3.05) is 13.7 Å². The molecule has 0 N–H and O–H groups in total. The Morgan fingerprint density at radius 2 is 1.65 bits per heavy atom. The van der Waals surface area contributed by atoms with Crippen molar-refractivity contribution in [2.24, 2.45) is 5.92 Å². The quantitative estimate of drug-likeness (QED) is 0.340. The fraction of sp³-hybridized carbons (Fsp3) is 0.429. The van der Waals surface area contributed by atoms with Crippen LogP contribution in [0.3, 0.4) is 0 Å². The second kappa shape index (κ2) is 10.4. The van der Waals surface area contributed by atoms with Gasteiger partial charge in [0.25, 0.3) is 0 Å². The normalized spacial score (nSPS) is 19.1. The Kier molecular flexibility index (Phi) is 7.34. The fourth-order valence-electron chi connectivity index (χ4n) is 5.03. The minimum Gasteiger partial charge on any atom is -0.385 e. The highest BCUT2D eigenvalue weighted by molar-refractivity contribution is 5.84. The van der Waals surface area contributed by atoms with Crippen LogP contribution in [-0.2, 0) is 17.6 Å². The highest BCUT2D eigenvalue weighted by Gasteiger charge is 2.22. The lowest BCUT2D eigenvalue weighted by Gasteiger charge is -2.29. The van der Waals surface area contributed by atoms with Crippen molar-refractivity contribution < 1.29 is 13.5 Å². The fourth-order valence-corrected chi connectivity index (χ4v) is 5.03. The molecule has 0 saturated heterocycles. The number of aryl methyl sites for hydroxylation is 2. The van der Waals surface area contributed by atoms with Crippen molar-refractivity contribution in [2.45, 2.75) is 57.3 Å². The Labute approximate surface area is 184 Å². The third kappa shape index (κ3) is 5.51. The molecule has 3 heteroatoms. The van der Waals surface area contributed by atoms with Gasteiger partial charge in [0.15, 0.2) is 0 Å². The highest BCUT2D eigenvalue weighted by atomic mass is 19.1. The molecule has 0 spiro atoms. The zero-order chi connectivity index (χ0) is 21.6. The summed E-state index contributed by atoms with van der Waals surface area (Å²) in [6.07, 6.45) is 8.75. The summed E-state index contributed by atoms with van der Waals surface area (Å²) >= 11 is 0. The molecule has 3 aromatic carbocycles. The van der Waals surface area contributed by atoms with E-state index in [4.69, 9.17) is 4.74 Å². The third-order valence-corrected chi connectivity index (χ3v) is 6.93. The van der Waals surface area contributed by atoms with E-state index in [9.17, 15) is 4.39 Å². The van der Waals surface area contributed by atoms with E-state index in [-0.39, 0.29) is 11.6 Å². The molecule has 0 atom stereocenters. The van der Waals surface area contributed by atoms with Gasteiger partial charge in [-0.2, -0.15) is 0 Å². The van der Waals surface area contributed by atoms with Gasteiger partial charge in [0.2, 0.25) is 0 Å². The number of hydrogen-bond acceptors (Lipinski definition) is 1. The van der Waals surface area contributed by atoms with Gasteiger partial charge in [0, 0.05) is 19.1 Å². The maximum absolute atomic E-state index is 15.1. The van der Waals surface area contributed by atoms with Crippen LogP contribution >= 0.6 is 0 Å². The summed E-state index contributed by atoms with van der Waals surface area (Å²) in [5.41, 5.74) is 3.09. The van der Waals surface area contributed by atoms with Gasteiger partial charge in [-0.1, -0.05) is 42.5 Å². The van der Waals surface area contributed by atoms with Crippen molar-refractivity contribution in [3.05, 3.63) is 82.9 Å². The van der Waals surface area contributed by atoms with Crippen molar-refractivity contribution >= 4 is 10.8 Å². The molecule has 3 aromatic rings. The summed E-state index contributed by atoms with van der Waals surface area (Å²) in [6.45, 7) is 0.863. The number of rotatable bonds is 8. The molecule has 1 aliphatic rings. The van der Waals surface area contributed by atoms with E-state index in [1.54, 1.807) is 19.2 Å². The first-order valence-corrected chi connectivity index (χ1v) is 11.6. The first-order chi connectivity index (χ1) is 15.1. The minimum atomic E-state index is -0.240. The average molecular weight is 423 g/mol. The lowest BCUT2D eigenvalue weighted by Crippen LogP contribution is -2.14. The first kappa shape index (κ1) is 22.0. The van der Waals surface area contributed by atoms with E-state index >= 15 is 4.39 Å². The summed E-state index contributed by atoms with van der Waals surface area (Å²) < 4.78 is 33.4. The molecule has 31 heavy (non-hydrogen) atoms. The van der Waals surface area contributed by atoms with Crippen LogP contribution < -0.4 is 0 Å². The molecule has 1 saturated carbocycles. The van der Waals surface area contributed by atoms with Gasteiger partial charge in [-0.25, -0.2) is 8.78 Å². The van der Waals surface area contributed by atoms with E-state index in [2.05, 4.69) is 18.2 Å². The van der Waals surface area contributed by atoms with Crippen molar-refractivity contribution in [3.63, 3.8) is 0 Å². The number of hydrogen-bond donors (Lipinski definition) is 0. The summed E-state index contributed by atoms with van der Waals surface area (Å²) in [5, 5.41) is 1.69. The molecule has 164 valence electrons. The zero-order valence-corrected chi connectivity index (χ0v) is 18.4. The van der Waals surface area contributed by atoms with Gasteiger partial charge in [-0.3, -0.25) is 0 Å². The van der Waals surface area contributed by atoms with Gasteiger partial charge in [-0.15, -0.1) is 0 Å². The number of fused-ring (bicyclic) bond motifs is 1. The molecular weight excluding hydrogens is 390 g/mol. The highest BCUT2D eigenvalue weighted by Crippen LogP contribution is 2.38. The van der Waals surface area contributed by atoms with Crippen LogP contribution in [0, 0.1) is 17.6 Å². The summed E-state index contributed by atoms with van der Waals surface area (Å²) in [6, 6.07) is 16.7. The second-order valence-electron chi connectivity index (χ2n) is 9.00. The number of benzene rings is 3. The molecule has 1 fully saturated rings. The van der Waals surface area contributed by atoms with E-state index < -0.39 is 0 Å². The SMILES string of the molecule is COCCCC1CCC(c2ccc3c(F)c(CCc4ccc(F)cc4)ccc3c2)CC1. The van der Waals surface area contributed by atoms with Crippen molar-refractivity contribution in [3.8, 4) is 0 Å². The molecule has 0 heterocycles. The van der Waals surface area contributed by atoms with Gasteiger partial charge >= 0.3 is 0 Å². The number of ether oxygens (including phenoxy) is 1. The molecule has 0 aliphatic heterocycles. The van der Waals surface area contributed by atoms with E-state index in [0.29, 0.717) is 24.1 Å². The number of halogens is 2. The predicted octanol–water partition coefficient (Wildman–Crippen LogP) is 7.60. The average Bonchev–Trinajstić information content (AvgIpc) is 2.80. The standard InChI is InChI=1S/C28H32F2O/c1-31-18-2-3-20-4-9-22(10-5-20)24-14-17-27-25(19-24)13-12-23(28(27)30)11-6-21-7-15-26(29)16-8-21/h7-8,12-17,19-20,22H,2-6,9-11,18H2,1H3. The van der Waals surface area contributed by atoms with Crippen molar-refractivity contribution in [1.29, 1.82) is 0 Å². The predicted molar refractivity (Wildman–Crippen MR) is 124 cm³/mol. The molecule has 1 aliphatic carbocycles. The number of methoxy groups -OCH3 is 1. The third-order valence-electron chi connectivity index (χ3n) is 6.93. The molecule has 0 unspecified atom stereocenters. The Morgan fingerprint density at radius 3 is 2.39 bits per heavy atom. The summed E-state index contributed by atoms with van der Waals surface area (Å²) in [4.78, 5) is 0. The summed E-state index contributed by atoms with van der Waals surface area (Å²) in [7, 11) is 1.77. The van der Waals surface area contributed by atoms with Crippen LogP contribution in [0.15, 0.2) is 54.6 Å². The first-order valence-electron chi connectivity index (χ1n) is 11.6. The Morgan fingerprint density at radius 1 is 0.871 bits per heavy atom. The Bertz CT molecular complexity index is 988. The van der Waals surface area contributed by atoms with Gasteiger partial charge < -0.3 is 4.74 Å². The lowest BCUT2D eigenvalue weighted by atomic mass is 9.77. The Balaban J connectivity index is 1.41. The maximum Gasteiger partial charge on any atom is 0.134 e. The van der Waals surface area contributed by atoms with Crippen LogP contribution in [0.5, 0.6) is 0 Å². The maximum atomic E-state index is 15.1. The lowest BCUT2D eigenvalue weighted by molar-refractivity contribution is 0.180. The molecule has 0 amide bonds. The minimum absolute atomic E-state index is 0.118. The topological polar surface area (TPSA) is 9.23 Å². The zero-order valence-electron chi connectivity index (χ0n) is 18.4. The van der Waals surface area contributed by atoms with Gasteiger partial charge in [-0.05, 0) is 97.4 Å². The molecule has 4 rings (SSSR count). The molecule has 0 aromatic heterocycles.